The lowest BCUT2D eigenvalue weighted by atomic mass is 9.96. The van der Waals surface area contributed by atoms with E-state index >= 15 is 0 Å². The van der Waals surface area contributed by atoms with E-state index < -0.39 is 5.97 Å². The summed E-state index contributed by atoms with van der Waals surface area (Å²) in [5.74, 6) is -0.112. The highest BCUT2D eigenvalue weighted by molar-refractivity contribution is 5.91. The number of allylic oxidation sites excluding steroid dienone is 1. The van der Waals surface area contributed by atoms with Crippen LogP contribution in [0.15, 0.2) is 18.2 Å². The lowest BCUT2D eigenvalue weighted by Gasteiger charge is -2.16. The molecule has 0 aliphatic carbocycles. The standard InChI is InChI=1S/C16H22O3/c1-5-7-13(10-15(17)18)14-9-11(3)8-12(4)16(14)19-6-2/h8-10H,5-7H2,1-4H3,(H,17,18)/b13-10+. The van der Waals surface area contributed by atoms with Gasteiger partial charge in [-0.3, -0.25) is 0 Å². The van der Waals surface area contributed by atoms with Crippen molar-refractivity contribution in [1.82, 2.24) is 0 Å². The maximum absolute atomic E-state index is 11.0. The predicted molar refractivity (Wildman–Crippen MR) is 77.6 cm³/mol. The fraction of sp³-hybridized carbons (Fsp3) is 0.438. The number of carbonyl (C=O) groups is 1. The van der Waals surface area contributed by atoms with E-state index in [1.165, 1.54) is 6.08 Å². The molecule has 104 valence electrons. The van der Waals surface area contributed by atoms with Crippen LogP contribution in [0.2, 0.25) is 0 Å². The van der Waals surface area contributed by atoms with Gasteiger partial charge in [0.2, 0.25) is 0 Å². The molecule has 0 bridgehead atoms. The fourth-order valence-corrected chi connectivity index (χ4v) is 2.23. The normalized spacial score (nSPS) is 11.5. The summed E-state index contributed by atoms with van der Waals surface area (Å²) in [4.78, 5) is 11.0. The summed E-state index contributed by atoms with van der Waals surface area (Å²) in [7, 11) is 0. The van der Waals surface area contributed by atoms with E-state index in [0.717, 1.165) is 40.9 Å². The van der Waals surface area contributed by atoms with E-state index in [1.54, 1.807) is 0 Å². The Hall–Kier alpha value is -1.77. The molecule has 0 saturated heterocycles. The van der Waals surface area contributed by atoms with Gasteiger partial charge in [0.1, 0.15) is 5.75 Å². The van der Waals surface area contributed by atoms with E-state index in [9.17, 15) is 4.79 Å². The van der Waals surface area contributed by atoms with Gasteiger partial charge in [-0.15, -0.1) is 0 Å². The first kappa shape index (κ1) is 15.3. The maximum Gasteiger partial charge on any atom is 0.328 e. The van der Waals surface area contributed by atoms with Gasteiger partial charge >= 0.3 is 5.97 Å². The van der Waals surface area contributed by atoms with Crippen molar-refractivity contribution in [2.75, 3.05) is 6.61 Å². The molecular formula is C16H22O3. The summed E-state index contributed by atoms with van der Waals surface area (Å²) in [5.41, 5.74) is 3.89. The molecule has 1 rings (SSSR count). The van der Waals surface area contributed by atoms with Crippen molar-refractivity contribution in [2.24, 2.45) is 0 Å². The number of aryl methyl sites for hydroxylation is 2. The molecule has 0 fully saturated rings. The first-order valence-corrected chi connectivity index (χ1v) is 6.67. The van der Waals surface area contributed by atoms with Crippen LogP contribution in [0.25, 0.3) is 5.57 Å². The Balaban J connectivity index is 3.39. The third-order valence-corrected chi connectivity index (χ3v) is 2.87. The Morgan fingerprint density at radius 2 is 2.00 bits per heavy atom. The third kappa shape index (κ3) is 4.12. The van der Waals surface area contributed by atoms with Crippen molar-refractivity contribution in [3.63, 3.8) is 0 Å². The topological polar surface area (TPSA) is 46.5 Å². The largest absolute Gasteiger partial charge is 0.493 e. The second-order valence-electron chi connectivity index (χ2n) is 4.65. The van der Waals surface area contributed by atoms with Crippen LogP contribution >= 0.6 is 0 Å². The summed E-state index contributed by atoms with van der Waals surface area (Å²) in [5, 5.41) is 9.01. The predicted octanol–water partition coefficient (Wildman–Crippen LogP) is 3.97. The van der Waals surface area contributed by atoms with Crippen LogP contribution < -0.4 is 4.74 Å². The first-order chi connectivity index (χ1) is 8.99. The SMILES string of the molecule is CCC/C(=C\C(=O)O)c1cc(C)cc(C)c1OCC. The Morgan fingerprint density at radius 3 is 2.53 bits per heavy atom. The van der Waals surface area contributed by atoms with Gasteiger partial charge in [-0.2, -0.15) is 0 Å². The van der Waals surface area contributed by atoms with Crippen LogP contribution in [-0.4, -0.2) is 17.7 Å². The first-order valence-electron chi connectivity index (χ1n) is 6.67. The van der Waals surface area contributed by atoms with Crippen molar-refractivity contribution in [3.8, 4) is 5.75 Å². The minimum Gasteiger partial charge on any atom is -0.493 e. The van der Waals surface area contributed by atoms with Crippen LogP contribution in [-0.2, 0) is 4.79 Å². The molecule has 0 heterocycles. The quantitative estimate of drug-likeness (QED) is 0.789. The second-order valence-corrected chi connectivity index (χ2v) is 4.65. The zero-order valence-electron chi connectivity index (χ0n) is 12.1. The summed E-state index contributed by atoms with van der Waals surface area (Å²) in [6, 6.07) is 4.06. The van der Waals surface area contributed by atoms with Gasteiger partial charge in [0, 0.05) is 11.6 Å². The zero-order valence-corrected chi connectivity index (χ0v) is 12.1. The molecule has 1 aromatic rings. The molecule has 0 radical (unpaired) electrons. The van der Waals surface area contributed by atoms with Gasteiger partial charge in [0.05, 0.1) is 6.61 Å². The van der Waals surface area contributed by atoms with Gasteiger partial charge in [-0.1, -0.05) is 19.4 Å². The van der Waals surface area contributed by atoms with Crippen LogP contribution in [0, 0.1) is 13.8 Å². The number of aliphatic carboxylic acids is 1. The Bertz CT molecular complexity index is 487. The number of ether oxygens (including phenoxy) is 1. The smallest absolute Gasteiger partial charge is 0.328 e. The highest BCUT2D eigenvalue weighted by atomic mass is 16.5. The Labute approximate surface area is 114 Å². The Kier molecular flexibility index (Phi) is 5.61. The van der Waals surface area contributed by atoms with Crippen molar-refractivity contribution in [1.29, 1.82) is 0 Å². The van der Waals surface area contributed by atoms with Crippen molar-refractivity contribution < 1.29 is 14.6 Å². The number of rotatable bonds is 6. The van der Waals surface area contributed by atoms with E-state index in [4.69, 9.17) is 9.84 Å². The monoisotopic (exact) mass is 262 g/mol. The van der Waals surface area contributed by atoms with Crippen LogP contribution in [0.1, 0.15) is 43.4 Å². The van der Waals surface area contributed by atoms with E-state index in [-0.39, 0.29) is 0 Å². The van der Waals surface area contributed by atoms with Gasteiger partial charge < -0.3 is 9.84 Å². The molecule has 3 heteroatoms. The fourth-order valence-electron chi connectivity index (χ4n) is 2.23. The van der Waals surface area contributed by atoms with Gasteiger partial charge in [0.15, 0.2) is 0 Å². The van der Waals surface area contributed by atoms with E-state index in [2.05, 4.69) is 6.07 Å². The minimum absolute atomic E-state index is 0.573. The number of benzene rings is 1. The summed E-state index contributed by atoms with van der Waals surface area (Å²) in [6.45, 7) is 8.55. The van der Waals surface area contributed by atoms with Gasteiger partial charge in [-0.05, 0) is 50.0 Å². The van der Waals surface area contributed by atoms with Crippen molar-refractivity contribution in [3.05, 3.63) is 34.9 Å². The second kappa shape index (κ2) is 6.98. The average Bonchev–Trinajstić information content (AvgIpc) is 2.31. The molecular weight excluding hydrogens is 240 g/mol. The molecule has 1 aromatic carbocycles. The van der Waals surface area contributed by atoms with Crippen molar-refractivity contribution in [2.45, 2.75) is 40.5 Å². The molecule has 0 spiro atoms. The third-order valence-electron chi connectivity index (χ3n) is 2.87. The van der Waals surface area contributed by atoms with Crippen molar-refractivity contribution >= 4 is 11.5 Å². The molecule has 0 amide bonds. The molecule has 0 unspecified atom stereocenters. The van der Waals surface area contributed by atoms with Gasteiger partial charge in [-0.25, -0.2) is 4.79 Å². The summed E-state index contributed by atoms with van der Waals surface area (Å²) >= 11 is 0. The molecule has 1 N–H and O–H groups in total. The average molecular weight is 262 g/mol. The highest BCUT2D eigenvalue weighted by Gasteiger charge is 2.13. The zero-order chi connectivity index (χ0) is 14.4. The number of carboxylic acids is 1. The number of carboxylic acid groups (broad SMARTS) is 1. The molecule has 0 aliphatic heterocycles. The summed E-state index contributed by atoms with van der Waals surface area (Å²) in [6.07, 6.45) is 2.92. The number of hydrogen-bond donors (Lipinski definition) is 1. The molecule has 0 atom stereocenters. The number of hydrogen-bond acceptors (Lipinski definition) is 2. The Morgan fingerprint density at radius 1 is 1.32 bits per heavy atom. The molecule has 0 aromatic heterocycles. The maximum atomic E-state index is 11.0. The van der Waals surface area contributed by atoms with E-state index in [0.29, 0.717) is 6.61 Å². The lowest BCUT2D eigenvalue weighted by Crippen LogP contribution is -2.01. The van der Waals surface area contributed by atoms with Gasteiger partial charge in [0.25, 0.3) is 0 Å². The molecule has 3 nitrogen and oxygen atoms in total. The highest BCUT2D eigenvalue weighted by Crippen LogP contribution is 2.33. The molecule has 19 heavy (non-hydrogen) atoms. The summed E-state index contributed by atoms with van der Waals surface area (Å²) < 4.78 is 5.70. The van der Waals surface area contributed by atoms with Crippen LogP contribution in [0.3, 0.4) is 0 Å². The molecule has 0 aliphatic rings. The van der Waals surface area contributed by atoms with E-state index in [1.807, 2.05) is 33.8 Å². The minimum atomic E-state index is -0.912. The lowest BCUT2D eigenvalue weighted by molar-refractivity contribution is -0.131. The van der Waals surface area contributed by atoms with Crippen LogP contribution in [0.4, 0.5) is 0 Å². The molecule has 0 saturated carbocycles. The van der Waals surface area contributed by atoms with Crippen LogP contribution in [0.5, 0.6) is 5.75 Å².